The van der Waals surface area contributed by atoms with Crippen LogP contribution in [-0.2, 0) is 11.3 Å². The largest absolute Gasteiger partial charge is 0.445 e. The molecule has 1 aromatic carbocycles. The molecule has 0 spiro atoms. The molecule has 22 heavy (non-hydrogen) atoms. The third-order valence-corrected chi connectivity index (χ3v) is 3.77. The third-order valence-electron chi connectivity index (χ3n) is 3.77. The van der Waals surface area contributed by atoms with E-state index in [9.17, 15) is 18.0 Å². The zero-order valence-corrected chi connectivity index (χ0v) is 12.0. The van der Waals surface area contributed by atoms with Crippen LogP contribution in [0.3, 0.4) is 0 Å². The average Bonchev–Trinajstić information content (AvgIpc) is 2.51. The molecule has 0 bridgehead atoms. The second-order valence-corrected chi connectivity index (χ2v) is 5.34. The number of rotatable bonds is 4. The molecule has 0 aromatic heterocycles. The monoisotopic (exact) mass is 316 g/mol. The lowest BCUT2D eigenvalue weighted by molar-refractivity contribution is -0.191. The molecule has 1 heterocycles. The molecule has 122 valence electrons. The van der Waals surface area contributed by atoms with E-state index in [1.165, 1.54) is 0 Å². The molecule has 0 saturated carbocycles. The molecule has 1 aromatic rings. The molecular formula is C15H19F3N2O2. The summed E-state index contributed by atoms with van der Waals surface area (Å²) in [6.45, 7) is 0.494. The zero-order chi connectivity index (χ0) is 16.0. The van der Waals surface area contributed by atoms with Gasteiger partial charge in [0.1, 0.15) is 6.61 Å². The number of nitrogens with one attached hydrogen (secondary N) is 2. The Morgan fingerprint density at radius 1 is 1.32 bits per heavy atom. The molecule has 2 atom stereocenters. The Bertz CT molecular complexity index is 479. The van der Waals surface area contributed by atoms with Gasteiger partial charge in [0, 0.05) is 13.1 Å². The van der Waals surface area contributed by atoms with Gasteiger partial charge in [-0.2, -0.15) is 13.2 Å². The first kappa shape index (κ1) is 16.6. The van der Waals surface area contributed by atoms with E-state index in [1.54, 1.807) is 12.1 Å². The van der Waals surface area contributed by atoms with E-state index in [1.807, 2.05) is 18.2 Å². The van der Waals surface area contributed by atoms with Gasteiger partial charge < -0.3 is 15.4 Å². The molecule has 1 amide bonds. The van der Waals surface area contributed by atoms with Crippen molar-refractivity contribution < 1.29 is 22.7 Å². The lowest BCUT2D eigenvalue weighted by atomic mass is 9.86. The van der Waals surface area contributed by atoms with Crippen LogP contribution in [0.5, 0.6) is 0 Å². The lowest BCUT2D eigenvalue weighted by Gasteiger charge is -2.33. The highest BCUT2D eigenvalue weighted by Crippen LogP contribution is 2.34. The summed E-state index contributed by atoms with van der Waals surface area (Å²) < 4.78 is 43.7. The number of piperidine rings is 1. The third kappa shape index (κ3) is 4.91. The molecule has 1 aliphatic heterocycles. The molecule has 1 aliphatic rings. The van der Waals surface area contributed by atoms with Crippen molar-refractivity contribution in [3.05, 3.63) is 35.9 Å². The smallest absolute Gasteiger partial charge is 0.407 e. The number of ether oxygens (including phenoxy) is 1. The number of benzene rings is 1. The molecule has 0 radical (unpaired) electrons. The quantitative estimate of drug-likeness (QED) is 0.898. The Hall–Kier alpha value is -1.76. The van der Waals surface area contributed by atoms with Crippen LogP contribution in [0.4, 0.5) is 18.0 Å². The van der Waals surface area contributed by atoms with Gasteiger partial charge in [0.05, 0.1) is 5.92 Å². The predicted octanol–water partition coefficient (Wildman–Crippen LogP) is 2.70. The summed E-state index contributed by atoms with van der Waals surface area (Å²) in [5.41, 5.74) is 0.827. The number of alkyl carbamates (subject to hydrolysis) is 1. The maximum Gasteiger partial charge on any atom is 0.407 e. The second kappa shape index (κ2) is 7.49. The van der Waals surface area contributed by atoms with Gasteiger partial charge in [0.2, 0.25) is 0 Å². The van der Waals surface area contributed by atoms with Gasteiger partial charge in [-0.15, -0.1) is 0 Å². The molecule has 7 heteroatoms. The molecule has 2 rings (SSSR count). The van der Waals surface area contributed by atoms with Crippen LogP contribution in [0.15, 0.2) is 30.3 Å². The van der Waals surface area contributed by atoms with E-state index >= 15 is 0 Å². The minimum absolute atomic E-state index is 0.0283. The Balaban J connectivity index is 1.77. The molecule has 2 unspecified atom stereocenters. The summed E-state index contributed by atoms with van der Waals surface area (Å²) in [5.74, 6) is -2.05. The van der Waals surface area contributed by atoms with E-state index < -0.39 is 24.1 Å². The summed E-state index contributed by atoms with van der Waals surface area (Å²) in [5, 5.41) is 5.18. The molecular weight excluding hydrogens is 297 g/mol. The minimum Gasteiger partial charge on any atom is -0.445 e. The van der Waals surface area contributed by atoms with Crippen LogP contribution in [0.2, 0.25) is 0 Å². The Kier molecular flexibility index (Phi) is 5.65. The average molecular weight is 316 g/mol. The fourth-order valence-corrected chi connectivity index (χ4v) is 2.53. The van der Waals surface area contributed by atoms with Crippen LogP contribution in [0, 0.1) is 11.8 Å². The van der Waals surface area contributed by atoms with Crippen molar-refractivity contribution in [1.29, 1.82) is 0 Å². The molecule has 2 N–H and O–H groups in total. The number of amides is 1. The van der Waals surface area contributed by atoms with Crippen molar-refractivity contribution in [3.63, 3.8) is 0 Å². The molecule has 0 aliphatic carbocycles. The second-order valence-electron chi connectivity index (χ2n) is 5.34. The lowest BCUT2D eigenvalue weighted by Crippen LogP contribution is -2.48. The minimum atomic E-state index is -4.26. The number of hydrogen-bond donors (Lipinski definition) is 2. The van der Waals surface area contributed by atoms with Crippen molar-refractivity contribution in [2.24, 2.45) is 11.8 Å². The fraction of sp³-hybridized carbons (Fsp3) is 0.533. The SMILES string of the molecule is O=C(NCC1CCNCC1C(F)(F)F)OCc1ccccc1. The van der Waals surface area contributed by atoms with Gasteiger partial charge in [0.15, 0.2) is 0 Å². The van der Waals surface area contributed by atoms with Crippen molar-refractivity contribution in [2.75, 3.05) is 19.6 Å². The summed E-state index contributed by atoms with van der Waals surface area (Å²) in [6.07, 6.45) is -4.57. The van der Waals surface area contributed by atoms with Gasteiger partial charge in [0.25, 0.3) is 0 Å². The molecule has 1 saturated heterocycles. The number of hydrogen-bond acceptors (Lipinski definition) is 3. The zero-order valence-electron chi connectivity index (χ0n) is 12.0. The first-order valence-corrected chi connectivity index (χ1v) is 7.19. The summed E-state index contributed by atoms with van der Waals surface area (Å²) >= 11 is 0. The highest BCUT2D eigenvalue weighted by Gasteiger charge is 2.45. The number of alkyl halides is 3. The molecule has 4 nitrogen and oxygen atoms in total. The highest BCUT2D eigenvalue weighted by molar-refractivity contribution is 5.67. The summed E-state index contributed by atoms with van der Waals surface area (Å²) in [4.78, 5) is 11.6. The van der Waals surface area contributed by atoms with Crippen LogP contribution in [0.25, 0.3) is 0 Å². The van der Waals surface area contributed by atoms with E-state index in [-0.39, 0.29) is 19.7 Å². The van der Waals surface area contributed by atoms with Gasteiger partial charge in [-0.1, -0.05) is 30.3 Å². The van der Waals surface area contributed by atoms with Crippen molar-refractivity contribution >= 4 is 6.09 Å². The first-order chi connectivity index (χ1) is 10.5. The van der Waals surface area contributed by atoms with E-state index in [4.69, 9.17) is 4.74 Å². The number of halogens is 3. The van der Waals surface area contributed by atoms with Gasteiger partial charge in [-0.05, 0) is 24.4 Å². The fourth-order valence-electron chi connectivity index (χ4n) is 2.53. The van der Waals surface area contributed by atoms with Crippen LogP contribution < -0.4 is 10.6 Å². The van der Waals surface area contributed by atoms with E-state index in [0.29, 0.717) is 13.0 Å². The number of carbonyl (C=O) groups is 1. The predicted molar refractivity (Wildman–Crippen MR) is 75.2 cm³/mol. The maximum absolute atomic E-state index is 12.9. The van der Waals surface area contributed by atoms with Gasteiger partial charge >= 0.3 is 12.3 Å². The van der Waals surface area contributed by atoms with Crippen molar-refractivity contribution in [1.82, 2.24) is 10.6 Å². The Labute approximate surface area is 127 Å². The van der Waals surface area contributed by atoms with E-state index in [2.05, 4.69) is 10.6 Å². The molecule has 1 fully saturated rings. The summed E-state index contributed by atoms with van der Waals surface area (Å²) in [6, 6.07) is 9.09. The number of carbonyl (C=O) groups excluding carboxylic acids is 1. The van der Waals surface area contributed by atoms with Crippen LogP contribution in [0.1, 0.15) is 12.0 Å². The standard InChI is InChI=1S/C15H19F3N2O2/c16-15(17,18)13-9-19-7-6-12(13)8-20-14(21)22-10-11-4-2-1-3-5-11/h1-5,12-13,19H,6-10H2,(H,20,21). The van der Waals surface area contributed by atoms with Crippen molar-refractivity contribution in [3.8, 4) is 0 Å². The summed E-state index contributed by atoms with van der Waals surface area (Å²) in [7, 11) is 0. The first-order valence-electron chi connectivity index (χ1n) is 7.19. The van der Waals surface area contributed by atoms with Crippen LogP contribution in [-0.4, -0.2) is 31.9 Å². The van der Waals surface area contributed by atoms with E-state index in [0.717, 1.165) is 5.56 Å². The van der Waals surface area contributed by atoms with Gasteiger partial charge in [-0.3, -0.25) is 0 Å². The normalized spacial score (nSPS) is 22.1. The maximum atomic E-state index is 12.9. The Morgan fingerprint density at radius 2 is 2.05 bits per heavy atom. The van der Waals surface area contributed by atoms with Gasteiger partial charge in [-0.25, -0.2) is 4.79 Å². The Morgan fingerprint density at radius 3 is 2.73 bits per heavy atom. The van der Waals surface area contributed by atoms with Crippen LogP contribution >= 0.6 is 0 Å². The highest BCUT2D eigenvalue weighted by atomic mass is 19.4. The van der Waals surface area contributed by atoms with Crippen molar-refractivity contribution in [2.45, 2.75) is 19.2 Å². The topological polar surface area (TPSA) is 50.4 Å².